The molecular weight excluding hydrogens is 330 g/mol. The van der Waals surface area contributed by atoms with Gasteiger partial charge in [-0.2, -0.15) is 0 Å². The summed E-state index contributed by atoms with van der Waals surface area (Å²) in [6.07, 6.45) is 6.93. The molecule has 0 unspecified atom stereocenters. The highest BCUT2D eigenvalue weighted by molar-refractivity contribution is 5.96. The third kappa shape index (κ3) is 3.17. The lowest BCUT2D eigenvalue weighted by atomic mass is 9.84. The van der Waals surface area contributed by atoms with Gasteiger partial charge >= 0.3 is 0 Å². The summed E-state index contributed by atoms with van der Waals surface area (Å²) in [5, 5.41) is 0. The van der Waals surface area contributed by atoms with Crippen LogP contribution in [0.4, 0.5) is 0 Å². The van der Waals surface area contributed by atoms with E-state index in [0.29, 0.717) is 36.4 Å². The minimum Gasteiger partial charge on any atom is -0.477 e. The molecule has 1 aromatic heterocycles. The lowest BCUT2D eigenvalue weighted by molar-refractivity contribution is -0.138. The van der Waals surface area contributed by atoms with Gasteiger partial charge in [-0.05, 0) is 50.7 Å². The molecule has 26 heavy (non-hydrogen) atoms. The van der Waals surface area contributed by atoms with Crippen LogP contribution in [0.2, 0.25) is 0 Å². The zero-order valence-electron chi connectivity index (χ0n) is 15.4. The summed E-state index contributed by atoms with van der Waals surface area (Å²) < 4.78 is 5.55. The molecule has 4 fully saturated rings. The Morgan fingerprint density at radius 1 is 1.19 bits per heavy atom. The van der Waals surface area contributed by atoms with Crippen LogP contribution >= 0.6 is 0 Å². The molecular formula is C20H27N3O3. The lowest BCUT2D eigenvalue weighted by Gasteiger charge is -2.36. The first-order valence-electron chi connectivity index (χ1n) is 9.85. The van der Waals surface area contributed by atoms with Crippen LogP contribution in [0.25, 0.3) is 0 Å². The van der Waals surface area contributed by atoms with Crippen LogP contribution in [-0.4, -0.2) is 58.9 Å². The van der Waals surface area contributed by atoms with E-state index in [2.05, 4.69) is 4.98 Å². The quantitative estimate of drug-likeness (QED) is 0.830. The van der Waals surface area contributed by atoms with Crippen LogP contribution in [0.3, 0.4) is 0 Å². The number of hydrogen-bond acceptors (Lipinski definition) is 4. The largest absolute Gasteiger partial charge is 0.477 e. The van der Waals surface area contributed by atoms with E-state index in [0.717, 1.165) is 38.8 Å². The van der Waals surface area contributed by atoms with E-state index in [-0.39, 0.29) is 17.9 Å². The van der Waals surface area contributed by atoms with Gasteiger partial charge in [0.15, 0.2) is 0 Å². The number of hydrogen-bond donors (Lipinski definition) is 0. The lowest BCUT2D eigenvalue weighted by Crippen LogP contribution is -2.48. The summed E-state index contributed by atoms with van der Waals surface area (Å²) in [4.78, 5) is 34.2. The summed E-state index contributed by atoms with van der Waals surface area (Å²) in [6, 6.07) is 3.66. The molecule has 0 aromatic carbocycles. The predicted octanol–water partition coefficient (Wildman–Crippen LogP) is 2.34. The summed E-state index contributed by atoms with van der Waals surface area (Å²) in [5.74, 6) is 1.28. The Morgan fingerprint density at radius 2 is 2.04 bits per heavy atom. The van der Waals surface area contributed by atoms with Crippen molar-refractivity contribution in [3.63, 3.8) is 0 Å². The number of nitrogens with zero attached hydrogens (tertiary/aromatic N) is 3. The van der Waals surface area contributed by atoms with Crippen molar-refractivity contribution in [1.29, 1.82) is 0 Å². The molecule has 1 aromatic rings. The number of fused-ring (bicyclic) bond motifs is 4. The highest BCUT2D eigenvalue weighted by atomic mass is 16.5. The Labute approximate surface area is 154 Å². The van der Waals surface area contributed by atoms with Gasteiger partial charge in [-0.15, -0.1) is 0 Å². The molecule has 5 rings (SSSR count). The third-order valence-corrected chi connectivity index (χ3v) is 6.02. The Morgan fingerprint density at radius 3 is 2.77 bits per heavy atom. The molecule has 2 atom stereocenters. The Kier molecular flexibility index (Phi) is 4.83. The molecule has 6 nitrogen and oxygen atoms in total. The fourth-order valence-corrected chi connectivity index (χ4v) is 4.38. The maximum absolute atomic E-state index is 13.2. The van der Waals surface area contributed by atoms with Gasteiger partial charge in [0.2, 0.25) is 11.8 Å². The smallest absolute Gasteiger partial charge is 0.259 e. The molecule has 3 aliphatic heterocycles. The van der Waals surface area contributed by atoms with Crippen molar-refractivity contribution in [3.8, 4) is 5.88 Å². The molecule has 3 saturated heterocycles. The van der Waals surface area contributed by atoms with Gasteiger partial charge < -0.3 is 14.5 Å². The summed E-state index contributed by atoms with van der Waals surface area (Å²) >= 11 is 0. The number of pyridine rings is 1. The Balaban J connectivity index is 1.53. The van der Waals surface area contributed by atoms with Crippen molar-refractivity contribution in [3.05, 3.63) is 23.9 Å². The normalized spacial score (nSPS) is 25.6. The van der Waals surface area contributed by atoms with E-state index in [1.165, 1.54) is 6.42 Å². The summed E-state index contributed by atoms with van der Waals surface area (Å²) in [5.41, 5.74) is 0.527. The van der Waals surface area contributed by atoms with Crippen LogP contribution in [0.15, 0.2) is 18.3 Å². The average Bonchev–Trinajstić information content (AvgIpc) is 2.92. The minimum atomic E-state index is -0.0193. The van der Waals surface area contributed by atoms with Crippen LogP contribution < -0.4 is 4.74 Å². The molecule has 2 amide bonds. The van der Waals surface area contributed by atoms with Gasteiger partial charge in [-0.25, -0.2) is 4.98 Å². The monoisotopic (exact) mass is 357 g/mol. The molecule has 2 bridgehead atoms. The first kappa shape index (κ1) is 17.3. The van der Waals surface area contributed by atoms with Crippen molar-refractivity contribution in [2.45, 2.75) is 45.1 Å². The summed E-state index contributed by atoms with van der Waals surface area (Å²) in [7, 11) is 0. The molecule has 1 aliphatic carbocycles. The maximum atomic E-state index is 13.2. The maximum Gasteiger partial charge on any atom is 0.259 e. The van der Waals surface area contributed by atoms with E-state index in [1.54, 1.807) is 18.3 Å². The second-order valence-corrected chi connectivity index (χ2v) is 7.71. The summed E-state index contributed by atoms with van der Waals surface area (Å²) in [6.45, 7) is 4.55. The van der Waals surface area contributed by atoms with E-state index in [9.17, 15) is 9.59 Å². The van der Waals surface area contributed by atoms with E-state index in [1.807, 2.05) is 16.7 Å². The Bertz CT molecular complexity index is 689. The van der Waals surface area contributed by atoms with Gasteiger partial charge in [0.05, 0.1) is 6.61 Å². The third-order valence-electron chi connectivity index (χ3n) is 6.02. The van der Waals surface area contributed by atoms with E-state index < -0.39 is 0 Å². The van der Waals surface area contributed by atoms with E-state index in [4.69, 9.17) is 4.74 Å². The van der Waals surface area contributed by atoms with Crippen molar-refractivity contribution in [2.75, 3.05) is 26.2 Å². The fraction of sp³-hybridized carbons (Fsp3) is 0.650. The Hall–Kier alpha value is -2.11. The SMILES string of the molecule is CCOc1ncccc1C(=O)N1C[C@H]2CC[C@@H]1CN(C(=O)C1CCC1)C2. The van der Waals surface area contributed by atoms with Crippen LogP contribution in [0.1, 0.15) is 49.4 Å². The second kappa shape index (κ2) is 7.25. The average molecular weight is 357 g/mol. The molecule has 4 aliphatic rings. The minimum absolute atomic E-state index is 0.0193. The molecule has 1 saturated carbocycles. The molecule has 0 radical (unpaired) electrons. The van der Waals surface area contributed by atoms with E-state index >= 15 is 0 Å². The van der Waals surface area contributed by atoms with Crippen molar-refractivity contribution in [2.24, 2.45) is 11.8 Å². The molecule has 6 heteroatoms. The van der Waals surface area contributed by atoms with Crippen molar-refractivity contribution in [1.82, 2.24) is 14.8 Å². The highest BCUT2D eigenvalue weighted by Gasteiger charge is 2.41. The van der Waals surface area contributed by atoms with Crippen molar-refractivity contribution < 1.29 is 14.3 Å². The second-order valence-electron chi connectivity index (χ2n) is 7.71. The molecule has 4 heterocycles. The van der Waals surface area contributed by atoms with Gasteiger partial charge in [0.25, 0.3) is 5.91 Å². The zero-order valence-corrected chi connectivity index (χ0v) is 15.4. The van der Waals surface area contributed by atoms with Crippen LogP contribution in [0, 0.1) is 11.8 Å². The number of carbonyl (C=O) groups excluding carboxylic acids is 2. The van der Waals surface area contributed by atoms with Gasteiger partial charge in [0, 0.05) is 37.8 Å². The predicted molar refractivity (Wildman–Crippen MR) is 96.9 cm³/mol. The molecule has 0 N–H and O–H groups in total. The first-order valence-corrected chi connectivity index (χ1v) is 9.85. The topological polar surface area (TPSA) is 62.7 Å². The zero-order chi connectivity index (χ0) is 18.1. The van der Waals surface area contributed by atoms with Crippen molar-refractivity contribution >= 4 is 11.8 Å². The van der Waals surface area contributed by atoms with Gasteiger partial charge in [0.1, 0.15) is 5.56 Å². The van der Waals surface area contributed by atoms with Crippen LogP contribution in [0.5, 0.6) is 5.88 Å². The number of amides is 2. The number of piperidine rings is 1. The number of ether oxygens (including phenoxy) is 1. The highest BCUT2D eigenvalue weighted by Crippen LogP contribution is 2.34. The number of aromatic nitrogens is 1. The van der Waals surface area contributed by atoms with Crippen LogP contribution in [-0.2, 0) is 4.79 Å². The molecule has 0 spiro atoms. The van der Waals surface area contributed by atoms with Gasteiger partial charge in [-0.1, -0.05) is 6.42 Å². The number of carbonyl (C=O) groups is 2. The van der Waals surface area contributed by atoms with Gasteiger partial charge in [-0.3, -0.25) is 9.59 Å². The number of rotatable bonds is 4. The fourth-order valence-electron chi connectivity index (χ4n) is 4.38. The molecule has 140 valence electrons. The first-order chi connectivity index (χ1) is 12.7. The standard InChI is InChI=1S/C20H27N3O3/c1-2-26-18-17(7-4-10-21-18)20(25)23-12-14-8-9-16(23)13-22(11-14)19(24)15-5-3-6-15/h4,7,10,14-16H,2-3,5-6,8-9,11-13H2,1H3/t14-,16+/m0/s1.